The van der Waals surface area contributed by atoms with E-state index in [0.717, 1.165) is 10.9 Å². The van der Waals surface area contributed by atoms with Gasteiger partial charge >= 0.3 is 0 Å². The van der Waals surface area contributed by atoms with Crippen molar-refractivity contribution in [1.29, 1.82) is 0 Å². The van der Waals surface area contributed by atoms with Crippen LogP contribution in [0.3, 0.4) is 0 Å². The molecule has 1 unspecified atom stereocenters. The van der Waals surface area contributed by atoms with Crippen molar-refractivity contribution in [1.82, 2.24) is 5.32 Å². The number of β-amino-alcohol motifs (C(OH)–C–C–N with tert-alkyl or cyclic N) is 1. The van der Waals surface area contributed by atoms with Crippen LogP contribution in [-0.4, -0.2) is 28.9 Å². The first-order chi connectivity index (χ1) is 8.74. The van der Waals surface area contributed by atoms with E-state index >= 15 is 0 Å². The standard InChI is InChI=1S/C15H17NO2/c17-13-8-14(16-9-13)15(18)12-6-5-10-3-1-2-4-11(10)7-12/h1-7,13-18H,8-9H2/t13-,14+,15?/m1/s1. The molecule has 1 fully saturated rings. The molecule has 1 aliphatic rings. The molecule has 3 rings (SSSR count). The van der Waals surface area contributed by atoms with Gasteiger partial charge in [0, 0.05) is 12.6 Å². The van der Waals surface area contributed by atoms with Gasteiger partial charge in [0.05, 0.1) is 12.2 Å². The van der Waals surface area contributed by atoms with Crippen LogP contribution in [0.2, 0.25) is 0 Å². The molecule has 1 aliphatic heterocycles. The number of fused-ring (bicyclic) bond motifs is 1. The Balaban J connectivity index is 1.89. The fourth-order valence-corrected chi connectivity index (χ4v) is 2.61. The smallest absolute Gasteiger partial charge is 0.0944 e. The summed E-state index contributed by atoms with van der Waals surface area (Å²) in [6.45, 7) is 0.565. The third-order valence-electron chi connectivity index (χ3n) is 3.64. The predicted molar refractivity (Wildman–Crippen MR) is 71.3 cm³/mol. The van der Waals surface area contributed by atoms with Gasteiger partial charge in [-0.15, -0.1) is 0 Å². The maximum atomic E-state index is 10.3. The Morgan fingerprint density at radius 2 is 1.89 bits per heavy atom. The molecule has 0 aromatic heterocycles. The number of aliphatic hydroxyl groups is 2. The van der Waals surface area contributed by atoms with E-state index in [4.69, 9.17) is 0 Å². The van der Waals surface area contributed by atoms with Crippen LogP contribution in [0.1, 0.15) is 18.1 Å². The highest BCUT2D eigenvalue weighted by atomic mass is 16.3. The van der Waals surface area contributed by atoms with Gasteiger partial charge in [-0.25, -0.2) is 0 Å². The number of hydrogen-bond donors (Lipinski definition) is 3. The van der Waals surface area contributed by atoms with Gasteiger partial charge in [-0.05, 0) is 28.8 Å². The van der Waals surface area contributed by atoms with Gasteiger partial charge in [-0.3, -0.25) is 0 Å². The van der Waals surface area contributed by atoms with E-state index in [-0.39, 0.29) is 12.1 Å². The van der Waals surface area contributed by atoms with Crippen molar-refractivity contribution >= 4 is 10.8 Å². The molecule has 0 amide bonds. The lowest BCUT2D eigenvalue weighted by Crippen LogP contribution is -2.28. The first-order valence-corrected chi connectivity index (χ1v) is 6.32. The molecular formula is C15H17NO2. The zero-order valence-electron chi connectivity index (χ0n) is 10.1. The fourth-order valence-electron chi connectivity index (χ4n) is 2.61. The number of nitrogens with one attached hydrogen (secondary N) is 1. The maximum Gasteiger partial charge on any atom is 0.0944 e. The van der Waals surface area contributed by atoms with Crippen molar-refractivity contribution in [2.45, 2.75) is 24.7 Å². The van der Waals surface area contributed by atoms with E-state index in [1.807, 2.05) is 36.4 Å². The lowest BCUT2D eigenvalue weighted by Gasteiger charge is -2.19. The van der Waals surface area contributed by atoms with Crippen LogP contribution in [0.4, 0.5) is 0 Å². The second-order valence-corrected chi connectivity index (χ2v) is 4.96. The Hall–Kier alpha value is -1.42. The number of rotatable bonds is 2. The molecule has 3 nitrogen and oxygen atoms in total. The minimum absolute atomic E-state index is 0.0545. The molecule has 3 N–H and O–H groups in total. The van der Waals surface area contributed by atoms with Crippen LogP contribution >= 0.6 is 0 Å². The molecule has 0 aliphatic carbocycles. The minimum Gasteiger partial charge on any atom is -0.392 e. The van der Waals surface area contributed by atoms with Gasteiger partial charge in [0.15, 0.2) is 0 Å². The topological polar surface area (TPSA) is 52.5 Å². The van der Waals surface area contributed by atoms with Crippen molar-refractivity contribution in [3.63, 3.8) is 0 Å². The Morgan fingerprint density at radius 1 is 1.11 bits per heavy atom. The van der Waals surface area contributed by atoms with Crippen LogP contribution < -0.4 is 5.32 Å². The Labute approximate surface area is 106 Å². The normalized spacial score (nSPS) is 25.4. The second kappa shape index (κ2) is 4.69. The molecule has 0 bridgehead atoms. The monoisotopic (exact) mass is 243 g/mol. The van der Waals surface area contributed by atoms with Gasteiger partial charge in [-0.2, -0.15) is 0 Å². The van der Waals surface area contributed by atoms with Crippen LogP contribution in [0.15, 0.2) is 42.5 Å². The summed E-state index contributed by atoms with van der Waals surface area (Å²) >= 11 is 0. The Bertz CT molecular complexity index is 555. The molecule has 0 saturated carbocycles. The summed E-state index contributed by atoms with van der Waals surface area (Å²) < 4.78 is 0. The second-order valence-electron chi connectivity index (χ2n) is 4.96. The molecular weight excluding hydrogens is 226 g/mol. The van der Waals surface area contributed by atoms with Gasteiger partial charge in [0.1, 0.15) is 0 Å². The highest BCUT2D eigenvalue weighted by Gasteiger charge is 2.28. The lowest BCUT2D eigenvalue weighted by molar-refractivity contribution is 0.126. The molecule has 1 saturated heterocycles. The number of hydrogen-bond acceptors (Lipinski definition) is 3. The zero-order chi connectivity index (χ0) is 12.5. The number of aliphatic hydroxyl groups excluding tert-OH is 2. The summed E-state index contributed by atoms with van der Waals surface area (Å²) in [5.41, 5.74) is 0.903. The van der Waals surface area contributed by atoms with Crippen molar-refractivity contribution in [3.8, 4) is 0 Å². The highest BCUT2D eigenvalue weighted by molar-refractivity contribution is 5.83. The maximum absolute atomic E-state index is 10.3. The third-order valence-corrected chi connectivity index (χ3v) is 3.64. The van der Waals surface area contributed by atoms with Crippen molar-refractivity contribution in [2.24, 2.45) is 0 Å². The van der Waals surface area contributed by atoms with Crippen LogP contribution in [0, 0.1) is 0 Å². The molecule has 18 heavy (non-hydrogen) atoms. The van der Waals surface area contributed by atoms with E-state index in [9.17, 15) is 10.2 Å². The van der Waals surface area contributed by atoms with Crippen molar-refractivity contribution in [2.75, 3.05) is 6.54 Å². The van der Waals surface area contributed by atoms with E-state index in [1.54, 1.807) is 0 Å². The average Bonchev–Trinajstić information content (AvgIpc) is 2.84. The van der Waals surface area contributed by atoms with Gasteiger partial charge in [0.25, 0.3) is 0 Å². The summed E-state index contributed by atoms with van der Waals surface area (Å²) in [6.07, 6.45) is -0.301. The van der Waals surface area contributed by atoms with E-state index < -0.39 is 6.10 Å². The largest absolute Gasteiger partial charge is 0.392 e. The van der Waals surface area contributed by atoms with E-state index in [2.05, 4.69) is 11.4 Å². The lowest BCUT2D eigenvalue weighted by atomic mass is 9.98. The molecule has 0 radical (unpaired) electrons. The predicted octanol–water partition coefficient (Wildman–Crippen LogP) is 1.60. The van der Waals surface area contributed by atoms with E-state index in [1.165, 1.54) is 5.39 Å². The summed E-state index contributed by atoms with van der Waals surface area (Å²) in [6, 6.07) is 14.1. The fraction of sp³-hybridized carbons (Fsp3) is 0.333. The molecule has 2 aromatic carbocycles. The summed E-state index contributed by atoms with van der Waals surface area (Å²) in [5.74, 6) is 0. The van der Waals surface area contributed by atoms with Gasteiger partial charge in [-0.1, -0.05) is 36.4 Å². The first-order valence-electron chi connectivity index (χ1n) is 6.32. The SMILES string of the molecule is OC(c1ccc2ccccc2c1)[C@@H]1C[C@@H](O)CN1. The summed E-state index contributed by atoms with van der Waals surface area (Å²) in [7, 11) is 0. The highest BCUT2D eigenvalue weighted by Crippen LogP contribution is 2.26. The van der Waals surface area contributed by atoms with Crippen molar-refractivity contribution < 1.29 is 10.2 Å². The zero-order valence-corrected chi connectivity index (χ0v) is 10.1. The minimum atomic E-state index is -0.563. The summed E-state index contributed by atoms with van der Waals surface area (Å²) in [5, 5.41) is 25.3. The molecule has 0 spiro atoms. The molecule has 3 heteroatoms. The number of benzene rings is 2. The molecule has 94 valence electrons. The van der Waals surface area contributed by atoms with Crippen LogP contribution in [-0.2, 0) is 0 Å². The van der Waals surface area contributed by atoms with Crippen LogP contribution in [0.25, 0.3) is 10.8 Å². The molecule has 1 heterocycles. The summed E-state index contributed by atoms with van der Waals surface area (Å²) in [4.78, 5) is 0. The first kappa shape index (κ1) is 11.7. The van der Waals surface area contributed by atoms with Gasteiger partial charge in [0.2, 0.25) is 0 Å². The average molecular weight is 243 g/mol. The van der Waals surface area contributed by atoms with E-state index in [0.29, 0.717) is 13.0 Å². The molecule has 3 atom stereocenters. The quantitative estimate of drug-likeness (QED) is 0.751. The van der Waals surface area contributed by atoms with Crippen molar-refractivity contribution in [3.05, 3.63) is 48.0 Å². The Morgan fingerprint density at radius 3 is 2.61 bits per heavy atom. The third kappa shape index (κ3) is 2.12. The molecule has 2 aromatic rings. The Kier molecular flexibility index (Phi) is 3.04. The van der Waals surface area contributed by atoms with Crippen LogP contribution in [0.5, 0.6) is 0 Å². The van der Waals surface area contributed by atoms with Gasteiger partial charge < -0.3 is 15.5 Å².